The Hall–Kier alpha value is -3.66. The van der Waals surface area contributed by atoms with Gasteiger partial charge in [0.05, 0.1) is 11.0 Å². The smallest absolute Gasteiger partial charge is 0.0712 e. The number of rotatable bonds is 4. The van der Waals surface area contributed by atoms with Gasteiger partial charge in [-0.3, -0.25) is 9.97 Å². The summed E-state index contributed by atoms with van der Waals surface area (Å²) in [6.07, 6.45) is 0. The van der Waals surface area contributed by atoms with E-state index in [-0.39, 0.29) is 11.1 Å². The van der Waals surface area contributed by atoms with Crippen LogP contribution < -0.4 is 0 Å². The summed E-state index contributed by atoms with van der Waals surface area (Å²) in [5, 5.41) is 2.36. The summed E-state index contributed by atoms with van der Waals surface area (Å²) in [5.41, 5.74) is 11.3. The topological polar surface area (TPSA) is 32.3 Å². The van der Waals surface area contributed by atoms with Crippen LogP contribution in [-0.4, -0.2) is 44.9 Å². The molecule has 0 fully saturated rings. The number of hydrogen-bond donors (Lipinski definition) is 0. The second-order valence-electron chi connectivity index (χ2n) is 12.8. The van der Waals surface area contributed by atoms with Gasteiger partial charge in [0, 0.05) is 69.9 Å². The molecule has 0 saturated heterocycles. The normalized spacial score (nSPS) is 10.9. The third-order valence-electron chi connectivity index (χ3n) is 8.16. The van der Waals surface area contributed by atoms with E-state index in [0.717, 1.165) is 33.8 Å². The average molecular weight is 597 g/mol. The van der Waals surface area contributed by atoms with Gasteiger partial charge in [0.15, 0.2) is 0 Å². The Labute approximate surface area is 269 Å². The number of pyridine rings is 2. The summed E-state index contributed by atoms with van der Waals surface area (Å²) >= 11 is 0. The summed E-state index contributed by atoms with van der Waals surface area (Å²) in [7, 11) is 4.21. The molecular weight excluding hydrogens is 536 g/mol. The fraction of sp³-hybridized carbons (Fsp3) is 0.450. The molecule has 4 nitrogen and oxygen atoms in total. The fourth-order valence-corrected chi connectivity index (χ4v) is 4.75. The molecule has 0 saturated carbocycles. The first-order chi connectivity index (χ1) is 20.5. The summed E-state index contributed by atoms with van der Waals surface area (Å²) in [6, 6.07) is 16.6. The summed E-state index contributed by atoms with van der Waals surface area (Å²) in [4.78, 5) is 13.8. The molecule has 4 rings (SSSR count). The van der Waals surface area contributed by atoms with Crippen molar-refractivity contribution < 1.29 is 0 Å². The van der Waals surface area contributed by atoms with E-state index in [0.29, 0.717) is 0 Å². The minimum Gasteiger partial charge on any atom is -0.370 e. The summed E-state index contributed by atoms with van der Waals surface area (Å²) in [5.74, 6) is 0. The van der Waals surface area contributed by atoms with Crippen molar-refractivity contribution >= 4 is 33.2 Å². The van der Waals surface area contributed by atoms with E-state index in [1.165, 1.54) is 33.0 Å². The van der Waals surface area contributed by atoms with Crippen LogP contribution in [0.25, 0.3) is 33.2 Å². The standard InChI is InChI=1S/2C18H24N2.2C2H6/c2*1-12-13(2)19-16-11-9-8-10-15(16)17(12)14(3)20(7)18(4,5)6;2*1-2/h2*8-11H,3H2,1-2,4-7H3;2*1-2H3. The minimum absolute atomic E-state index is 0.0435. The van der Waals surface area contributed by atoms with Gasteiger partial charge in [0.25, 0.3) is 0 Å². The number of hydrogen-bond acceptors (Lipinski definition) is 4. The van der Waals surface area contributed by atoms with E-state index in [1.54, 1.807) is 0 Å². The number of para-hydroxylation sites is 2. The first-order valence-corrected chi connectivity index (χ1v) is 16.0. The molecule has 0 unspecified atom stereocenters. The van der Waals surface area contributed by atoms with Gasteiger partial charge >= 0.3 is 0 Å². The Kier molecular flexibility index (Phi) is 13.8. The van der Waals surface area contributed by atoms with Gasteiger partial charge in [-0.2, -0.15) is 0 Å². The number of aryl methyl sites for hydroxylation is 2. The molecule has 0 bridgehead atoms. The molecule has 0 spiro atoms. The highest BCUT2D eigenvalue weighted by Gasteiger charge is 2.23. The molecule has 0 amide bonds. The van der Waals surface area contributed by atoms with E-state index in [1.807, 2.05) is 39.8 Å². The van der Waals surface area contributed by atoms with Crippen molar-refractivity contribution in [2.45, 2.75) is 108 Å². The molecule has 2 heterocycles. The first kappa shape index (κ1) is 38.4. The molecule has 44 heavy (non-hydrogen) atoms. The molecule has 0 aliphatic carbocycles. The molecule has 0 N–H and O–H groups in total. The van der Waals surface area contributed by atoms with Crippen LogP contribution in [0.4, 0.5) is 0 Å². The van der Waals surface area contributed by atoms with Crippen LogP contribution in [0.1, 0.15) is 103 Å². The monoisotopic (exact) mass is 596 g/mol. The van der Waals surface area contributed by atoms with E-state index in [4.69, 9.17) is 0 Å². The van der Waals surface area contributed by atoms with Gasteiger partial charge in [-0.1, -0.05) is 77.3 Å². The molecule has 0 radical (unpaired) electrons. The zero-order valence-corrected chi connectivity index (χ0v) is 30.8. The van der Waals surface area contributed by atoms with Crippen molar-refractivity contribution in [3.05, 3.63) is 95.3 Å². The zero-order chi connectivity index (χ0) is 34.2. The van der Waals surface area contributed by atoms with Gasteiger partial charge in [-0.25, -0.2) is 0 Å². The van der Waals surface area contributed by atoms with Crippen LogP contribution in [0, 0.1) is 27.7 Å². The molecule has 4 aromatic rings. The molecule has 2 aromatic heterocycles. The molecule has 0 aliphatic heterocycles. The molecule has 240 valence electrons. The lowest BCUT2D eigenvalue weighted by Gasteiger charge is -2.36. The lowest BCUT2D eigenvalue weighted by molar-refractivity contribution is 0.266. The molecule has 2 aromatic carbocycles. The van der Waals surface area contributed by atoms with Crippen molar-refractivity contribution in [1.29, 1.82) is 0 Å². The Balaban J connectivity index is 0.000000395. The van der Waals surface area contributed by atoms with Crippen LogP contribution in [0.2, 0.25) is 0 Å². The lowest BCUT2D eigenvalue weighted by Crippen LogP contribution is -2.36. The highest BCUT2D eigenvalue weighted by molar-refractivity contribution is 5.93. The Morgan fingerprint density at radius 1 is 0.545 bits per heavy atom. The first-order valence-electron chi connectivity index (χ1n) is 16.0. The third kappa shape index (κ3) is 8.71. The van der Waals surface area contributed by atoms with Gasteiger partial charge in [0.2, 0.25) is 0 Å². The van der Waals surface area contributed by atoms with E-state index in [2.05, 4.69) is 153 Å². The third-order valence-corrected chi connectivity index (χ3v) is 8.16. The SMILES string of the molecule is C=C(c1c(C)c(C)nc2ccccc12)N(C)C(C)(C)C.C=C(c1c(C)c(C)nc2ccccc12)N(C)C(C)(C)C.CC.CC. The number of nitrogens with zero attached hydrogens (tertiary/aromatic N) is 4. The predicted molar refractivity (Wildman–Crippen MR) is 198 cm³/mol. The quantitative estimate of drug-likeness (QED) is 0.235. The average Bonchev–Trinajstić information content (AvgIpc) is 2.98. The summed E-state index contributed by atoms with van der Waals surface area (Å²) < 4.78 is 0. The number of aromatic nitrogens is 2. The summed E-state index contributed by atoms with van der Waals surface area (Å²) in [6.45, 7) is 38.3. The predicted octanol–water partition coefficient (Wildman–Crippen LogP) is 11.2. The van der Waals surface area contributed by atoms with Gasteiger partial charge in [-0.05, 0) is 92.5 Å². The van der Waals surface area contributed by atoms with E-state index >= 15 is 0 Å². The Morgan fingerprint density at radius 3 is 1.09 bits per heavy atom. The second-order valence-corrected chi connectivity index (χ2v) is 12.8. The van der Waals surface area contributed by atoms with Crippen molar-refractivity contribution in [3.63, 3.8) is 0 Å². The van der Waals surface area contributed by atoms with Crippen molar-refractivity contribution in [2.24, 2.45) is 0 Å². The van der Waals surface area contributed by atoms with E-state index < -0.39 is 0 Å². The Bertz CT molecular complexity index is 1450. The van der Waals surface area contributed by atoms with Crippen LogP contribution in [-0.2, 0) is 0 Å². The molecular formula is C40H60N4. The number of benzene rings is 2. The maximum atomic E-state index is 4.68. The van der Waals surface area contributed by atoms with Crippen LogP contribution in [0.3, 0.4) is 0 Å². The minimum atomic E-state index is 0.0435. The van der Waals surface area contributed by atoms with Crippen LogP contribution in [0.15, 0.2) is 61.7 Å². The van der Waals surface area contributed by atoms with Gasteiger partial charge < -0.3 is 9.80 Å². The zero-order valence-electron chi connectivity index (χ0n) is 30.8. The molecule has 0 atom stereocenters. The molecule has 0 aliphatic rings. The highest BCUT2D eigenvalue weighted by Crippen LogP contribution is 2.34. The lowest BCUT2D eigenvalue weighted by atomic mass is 9.96. The van der Waals surface area contributed by atoms with Crippen molar-refractivity contribution in [2.75, 3.05) is 14.1 Å². The fourth-order valence-electron chi connectivity index (χ4n) is 4.75. The molecule has 4 heteroatoms. The second kappa shape index (κ2) is 15.9. The van der Waals surface area contributed by atoms with Crippen molar-refractivity contribution in [3.8, 4) is 0 Å². The van der Waals surface area contributed by atoms with Crippen molar-refractivity contribution in [1.82, 2.24) is 19.8 Å². The van der Waals surface area contributed by atoms with Gasteiger partial charge in [0.1, 0.15) is 0 Å². The maximum absolute atomic E-state index is 4.68. The Morgan fingerprint density at radius 2 is 0.818 bits per heavy atom. The van der Waals surface area contributed by atoms with Crippen LogP contribution in [0.5, 0.6) is 0 Å². The van der Waals surface area contributed by atoms with Crippen LogP contribution >= 0.6 is 0 Å². The van der Waals surface area contributed by atoms with E-state index in [9.17, 15) is 0 Å². The highest BCUT2D eigenvalue weighted by atomic mass is 15.2. The maximum Gasteiger partial charge on any atom is 0.0712 e. The van der Waals surface area contributed by atoms with Gasteiger partial charge in [-0.15, -0.1) is 0 Å². The largest absolute Gasteiger partial charge is 0.370 e. The number of fused-ring (bicyclic) bond motifs is 2.